The predicted octanol–water partition coefficient (Wildman–Crippen LogP) is 4.47. The number of aliphatic hydroxyl groups is 1. The molecular formula is C25H26N6O. The van der Waals surface area contributed by atoms with Crippen molar-refractivity contribution in [3.63, 3.8) is 0 Å². The lowest BCUT2D eigenvalue weighted by molar-refractivity contribution is 0.126. The molecular weight excluding hydrogens is 400 g/mol. The number of aliphatic hydroxyl groups excluding tert-OH is 1. The molecule has 4 aromatic rings. The van der Waals surface area contributed by atoms with Gasteiger partial charge in [0.2, 0.25) is 5.95 Å². The quantitative estimate of drug-likeness (QED) is 0.419. The molecule has 0 atom stereocenters. The van der Waals surface area contributed by atoms with Gasteiger partial charge in [-0.25, -0.2) is 19.9 Å². The van der Waals surface area contributed by atoms with Crippen molar-refractivity contribution in [1.82, 2.24) is 19.9 Å². The van der Waals surface area contributed by atoms with Gasteiger partial charge in [-0.05, 0) is 55.4 Å². The maximum Gasteiger partial charge on any atom is 0.223 e. The third-order valence-corrected chi connectivity index (χ3v) is 5.88. The van der Waals surface area contributed by atoms with Crippen molar-refractivity contribution in [2.45, 2.75) is 44.2 Å². The molecule has 3 N–H and O–H groups in total. The Morgan fingerprint density at radius 3 is 2.38 bits per heavy atom. The zero-order chi connectivity index (χ0) is 21.8. The van der Waals surface area contributed by atoms with Gasteiger partial charge in [0.1, 0.15) is 17.4 Å². The van der Waals surface area contributed by atoms with Gasteiger partial charge in [0.05, 0.1) is 12.3 Å². The molecule has 0 spiro atoms. The van der Waals surface area contributed by atoms with Crippen molar-refractivity contribution in [3.8, 4) is 0 Å². The van der Waals surface area contributed by atoms with E-state index in [4.69, 9.17) is 0 Å². The van der Waals surface area contributed by atoms with Crippen molar-refractivity contribution in [3.05, 3.63) is 78.2 Å². The van der Waals surface area contributed by atoms with Crippen LogP contribution in [-0.2, 0) is 6.42 Å². The van der Waals surface area contributed by atoms with E-state index in [1.165, 1.54) is 17.5 Å². The summed E-state index contributed by atoms with van der Waals surface area (Å²) in [5.74, 6) is 1.21. The lowest BCUT2D eigenvalue weighted by atomic mass is 9.93. The maximum absolute atomic E-state index is 9.72. The number of hydrogen-bond acceptors (Lipinski definition) is 7. The van der Waals surface area contributed by atoms with Crippen molar-refractivity contribution in [1.29, 1.82) is 0 Å². The van der Waals surface area contributed by atoms with Crippen LogP contribution in [-0.4, -0.2) is 37.2 Å². The molecule has 1 fully saturated rings. The van der Waals surface area contributed by atoms with Crippen molar-refractivity contribution in [2.75, 3.05) is 10.6 Å². The number of fused-ring (bicyclic) bond motifs is 1. The van der Waals surface area contributed by atoms with Crippen LogP contribution in [0.4, 0.5) is 17.5 Å². The highest BCUT2D eigenvalue weighted by atomic mass is 16.3. The number of hydrogen-bond donors (Lipinski definition) is 3. The van der Waals surface area contributed by atoms with Gasteiger partial charge >= 0.3 is 0 Å². The van der Waals surface area contributed by atoms with Gasteiger partial charge in [-0.2, -0.15) is 0 Å². The van der Waals surface area contributed by atoms with E-state index >= 15 is 0 Å². The SMILES string of the molecule is O[C@H]1CC[C@H](Nc2ncc3ncnc(Nc4ccc(Cc5ccccc5)cc4)c3n2)CC1. The van der Waals surface area contributed by atoms with Crippen molar-refractivity contribution < 1.29 is 5.11 Å². The predicted molar refractivity (Wildman–Crippen MR) is 126 cm³/mol. The van der Waals surface area contributed by atoms with Crippen molar-refractivity contribution >= 4 is 28.5 Å². The number of rotatable bonds is 6. The molecule has 0 saturated heterocycles. The van der Waals surface area contributed by atoms with Gasteiger partial charge in [-0.15, -0.1) is 0 Å². The summed E-state index contributed by atoms with van der Waals surface area (Å²) in [4.78, 5) is 17.8. The van der Waals surface area contributed by atoms with Crippen LogP contribution in [0.1, 0.15) is 36.8 Å². The Bertz CT molecular complexity index is 1170. The lowest BCUT2D eigenvalue weighted by Gasteiger charge is -2.26. The molecule has 0 bridgehead atoms. The molecule has 0 unspecified atom stereocenters. The Labute approximate surface area is 187 Å². The summed E-state index contributed by atoms with van der Waals surface area (Å²) in [7, 11) is 0. The highest BCUT2D eigenvalue weighted by Gasteiger charge is 2.20. The minimum Gasteiger partial charge on any atom is -0.393 e. The van der Waals surface area contributed by atoms with E-state index in [9.17, 15) is 5.11 Å². The number of nitrogens with one attached hydrogen (secondary N) is 2. The van der Waals surface area contributed by atoms with E-state index in [1.807, 2.05) is 6.07 Å². The first-order chi connectivity index (χ1) is 15.7. The van der Waals surface area contributed by atoms with Crippen LogP contribution in [0.25, 0.3) is 11.0 Å². The fourth-order valence-corrected chi connectivity index (χ4v) is 4.09. The summed E-state index contributed by atoms with van der Waals surface area (Å²) in [6.07, 6.45) is 7.39. The summed E-state index contributed by atoms with van der Waals surface area (Å²) in [6.45, 7) is 0. The molecule has 162 valence electrons. The highest BCUT2D eigenvalue weighted by Crippen LogP contribution is 2.25. The average molecular weight is 427 g/mol. The first kappa shape index (κ1) is 20.3. The van der Waals surface area contributed by atoms with Crippen LogP contribution >= 0.6 is 0 Å². The fraction of sp³-hybridized carbons (Fsp3) is 0.280. The smallest absolute Gasteiger partial charge is 0.223 e. The van der Waals surface area contributed by atoms with Gasteiger partial charge in [0, 0.05) is 11.7 Å². The summed E-state index contributed by atoms with van der Waals surface area (Å²) >= 11 is 0. The monoisotopic (exact) mass is 426 g/mol. The van der Waals surface area contributed by atoms with Gasteiger partial charge in [-0.3, -0.25) is 0 Å². The minimum absolute atomic E-state index is 0.186. The molecule has 0 aliphatic heterocycles. The molecule has 1 aliphatic carbocycles. The Kier molecular flexibility index (Phi) is 5.89. The van der Waals surface area contributed by atoms with Crippen LogP contribution in [0.15, 0.2) is 67.1 Å². The lowest BCUT2D eigenvalue weighted by Crippen LogP contribution is -2.28. The van der Waals surface area contributed by atoms with Gasteiger partial charge in [-0.1, -0.05) is 42.5 Å². The Balaban J connectivity index is 1.32. The van der Waals surface area contributed by atoms with Crippen molar-refractivity contribution in [2.24, 2.45) is 0 Å². The maximum atomic E-state index is 9.72. The number of benzene rings is 2. The summed E-state index contributed by atoms with van der Waals surface area (Å²) in [6, 6.07) is 19.1. The molecule has 2 aromatic heterocycles. The second-order valence-corrected chi connectivity index (χ2v) is 8.28. The first-order valence-electron chi connectivity index (χ1n) is 11.1. The topological polar surface area (TPSA) is 95.9 Å². The first-order valence-corrected chi connectivity index (χ1v) is 11.1. The van der Waals surface area contributed by atoms with E-state index < -0.39 is 0 Å². The molecule has 1 saturated carbocycles. The van der Waals surface area contributed by atoms with E-state index in [0.717, 1.165) is 37.8 Å². The second-order valence-electron chi connectivity index (χ2n) is 8.28. The average Bonchev–Trinajstić information content (AvgIpc) is 2.83. The second kappa shape index (κ2) is 9.28. The zero-order valence-electron chi connectivity index (χ0n) is 17.8. The van der Waals surface area contributed by atoms with Gasteiger partial charge in [0.25, 0.3) is 0 Å². The van der Waals surface area contributed by atoms with Crippen LogP contribution in [0.3, 0.4) is 0 Å². The molecule has 7 nitrogen and oxygen atoms in total. The Morgan fingerprint density at radius 2 is 1.59 bits per heavy atom. The van der Waals surface area contributed by atoms with Crippen LogP contribution in [0, 0.1) is 0 Å². The standard InChI is InChI=1S/C25H26N6O/c32-21-12-10-20(11-13-21)30-25-26-15-22-23(31-25)24(28-16-27-22)29-19-8-6-18(7-9-19)14-17-4-2-1-3-5-17/h1-9,15-16,20-21,32H,10-14H2,(H,26,30,31)(H,27,28,29)/t20-,21-. The Morgan fingerprint density at radius 1 is 0.844 bits per heavy atom. The van der Waals surface area contributed by atoms with Crippen LogP contribution in [0.2, 0.25) is 0 Å². The zero-order valence-corrected chi connectivity index (χ0v) is 17.8. The van der Waals surface area contributed by atoms with Crippen LogP contribution in [0.5, 0.6) is 0 Å². The third kappa shape index (κ3) is 4.84. The molecule has 1 aliphatic rings. The van der Waals surface area contributed by atoms with Gasteiger partial charge < -0.3 is 15.7 Å². The molecule has 2 heterocycles. The number of nitrogens with zero attached hydrogens (tertiary/aromatic N) is 4. The Hall–Kier alpha value is -3.58. The molecule has 0 amide bonds. The molecule has 32 heavy (non-hydrogen) atoms. The van der Waals surface area contributed by atoms with Gasteiger partial charge in [0.15, 0.2) is 5.82 Å². The minimum atomic E-state index is -0.186. The number of anilines is 3. The van der Waals surface area contributed by atoms with E-state index in [1.54, 1.807) is 6.20 Å². The highest BCUT2D eigenvalue weighted by molar-refractivity contribution is 5.87. The van der Waals surface area contributed by atoms with E-state index in [-0.39, 0.29) is 12.1 Å². The molecule has 7 heteroatoms. The summed E-state index contributed by atoms with van der Waals surface area (Å²) < 4.78 is 0. The van der Waals surface area contributed by atoms with Crippen LogP contribution < -0.4 is 10.6 Å². The molecule has 5 rings (SSSR count). The normalized spacial score (nSPS) is 18.4. The summed E-state index contributed by atoms with van der Waals surface area (Å²) in [5.41, 5.74) is 4.85. The fourth-order valence-electron chi connectivity index (χ4n) is 4.09. The number of aromatic nitrogens is 4. The third-order valence-electron chi connectivity index (χ3n) is 5.88. The molecule has 0 radical (unpaired) electrons. The van der Waals surface area contributed by atoms with E-state index in [2.05, 4.69) is 79.1 Å². The van der Waals surface area contributed by atoms with E-state index in [0.29, 0.717) is 22.8 Å². The molecule has 2 aromatic carbocycles. The largest absolute Gasteiger partial charge is 0.393 e. The summed E-state index contributed by atoms with van der Waals surface area (Å²) in [5, 5.41) is 16.5.